The van der Waals surface area contributed by atoms with Crippen molar-refractivity contribution in [1.82, 2.24) is 5.32 Å². The summed E-state index contributed by atoms with van der Waals surface area (Å²) in [5, 5.41) is 4.84. The molecule has 0 saturated heterocycles. The fraction of sp³-hybridized carbons (Fsp3) is 0.200. The van der Waals surface area contributed by atoms with E-state index in [1.165, 1.54) is 5.56 Å². The number of hydrogen-bond donors (Lipinski definition) is 1. The van der Waals surface area contributed by atoms with Crippen molar-refractivity contribution in [2.75, 3.05) is 0 Å². The van der Waals surface area contributed by atoms with Crippen molar-refractivity contribution in [3.8, 4) is 0 Å². The number of halogens is 3. The zero-order valence-electron chi connectivity index (χ0n) is 10.6. The summed E-state index contributed by atoms with van der Waals surface area (Å²) >= 11 is 12.3. The Hall–Kier alpha value is -0.730. The van der Waals surface area contributed by atoms with E-state index in [9.17, 15) is 0 Å². The molecule has 0 bridgehead atoms. The molecule has 0 heterocycles. The Morgan fingerprint density at radius 1 is 0.947 bits per heavy atom. The molecule has 0 fully saturated rings. The lowest BCUT2D eigenvalue weighted by Crippen LogP contribution is -2.18. The van der Waals surface area contributed by atoms with Crippen molar-refractivity contribution in [2.24, 2.45) is 0 Å². The summed E-state index contributed by atoms with van der Waals surface area (Å²) in [6.07, 6.45) is 0. The van der Waals surface area contributed by atoms with E-state index in [1.807, 2.05) is 36.4 Å². The van der Waals surface area contributed by atoms with E-state index in [-0.39, 0.29) is 18.4 Å². The van der Waals surface area contributed by atoms with E-state index >= 15 is 0 Å². The molecule has 1 atom stereocenters. The Kier molecular flexibility index (Phi) is 6.67. The van der Waals surface area contributed by atoms with Gasteiger partial charge in [0.15, 0.2) is 0 Å². The van der Waals surface area contributed by atoms with Crippen LogP contribution in [0.25, 0.3) is 0 Å². The van der Waals surface area contributed by atoms with Crippen LogP contribution < -0.4 is 5.32 Å². The largest absolute Gasteiger partial charge is 0.306 e. The lowest BCUT2D eigenvalue weighted by Gasteiger charge is -2.15. The van der Waals surface area contributed by atoms with Gasteiger partial charge in [-0.1, -0.05) is 59.6 Å². The summed E-state index contributed by atoms with van der Waals surface area (Å²) in [5.41, 5.74) is 2.20. The molecule has 2 aromatic rings. The maximum absolute atomic E-state index is 6.13. The predicted molar refractivity (Wildman–Crippen MR) is 85.4 cm³/mol. The van der Waals surface area contributed by atoms with Gasteiger partial charge in [0.2, 0.25) is 0 Å². The Labute approximate surface area is 130 Å². The SMILES string of the molecule is CC(NCc1c(Cl)cccc1Cl)c1ccccc1.Cl. The molecule has 0 spiro atoms. The minimum atomic E-state index is 0. The van der Waals surface area contributed by atoms with Gasteiger partial charge in [0.05, 0.1) is 0 Å². The molecule has 102 valence electrons. The highest BCUT2D eigenvalue weighted by atomic mass is 35.5. The van der Waals surface area contributed by atoms with Crippen LogP contribution in [0.1, 0.15) is 24.1 Å². The topological polar surface area (TPSA) is 12.0 Å². The summed E-state index contributed by atoms with van der Waals surface area (Å²) < 4.78 is 0. The number of rotatable bonds is 4. The van der Waals surface area contributed by atoms with Gasteiger partial charge >= 0.3 is 0 Å². The molecular weight excluding hydrogens is 301 g/mol. The molecule has 0 aliphatic carbocycles. The van der Waals surface area contributed by atoms with Crippen molar-refractivity contribution in [3.63, 3.8) is 0 Å². The molecule has 2 aromatic carbocycles. The van der Waals surface area contributed by atoms with Crippen molar-refractivity contribution in [2.45, 2.75) is 19.5 Å². The van der Waals surface area contributed by atoms with Gasteiger partial charge in [-0.2, -0.15) is 0 Å². The Morgan fingerprint density at radius 2 is 1.53 bits per heavy atom. The van der Waals surface area contributed by atoms with E-state index in [0.29, 0.717) is 16.6 Å². The summed E-state index contributed by atoms with van der Waals surface area (Å²) in [4.78, 5) is 0. The highest BCUT2D eigenvalue weighted by Crippen LogP contribution is 2.24. The van der Waals surface area contributed by atoms with E-state index in [0.717, 1.165) is 5.56 Å². The van der Waals surface area contributed by atoms with E-state index in [2.05, 4.69) is 24.4 Å². The molecule has 0 aromatic heterocycles. The molecule has 2 rings (SSSR count). The first kappa shape index (κ1) is 16.3. The van der Waals surface area contributed by atoms with Crippen LogP contribution in [0.3, 0.4) is 0 Å². The van der Waals surface area contributed by atoms with Gasteiger partial charge in [0.1, 0.15) is 0 Å². The maximum atomic E-state index is 6.13. The van der Waals surface area contributed by atoms with Crippen LogP contribution in [0, 0.1) is 0 Å². The van der Waals surface area contributed by atoms with Crippen LogP contribution in [-0.2, 0) is 6.54 Å². The molecular formula is C15H16Cl3N. The smallest absolute Gasteiger partial charge is 0.0465 e. The average Bonchev–Trinajstić information content (AvgIpc) is 2.39. The van der Waals surface area contributed by atoms with Crippen LogP contribution >= 0.6 is 35.6 Å². The van der Waals surface area contributed by atoms with Crippen LogP contribution in [0.15, 0.2) is 48.5 Å². The number of hydrogen-bond acceptors (Lipinski definition) is 1. The second-order valence-electron chi connectivity index (χ2n) is 4.21. The third-order valence-corrected chi connectivity index (χ3v) is 3.65. The van der Waals surface area contributed by atoms with Gasteiger partial charge < -0.3 is 5.32 Å². The Balaban J connectivity index is 0.00000180. The van der Waals surface area contributed by atoms with E-state index < -0.39 is 0 Å². The summed E-state index contributed by atoms with van der Waals surface area (Å²) in [6, 6.07) is 16.1. The quantitative estimate of drug-likeness (QED) is 0.810. The minimum absolute atomic E-state index is 0. The van der Waals surface area contributed by atoms with Crippen molar-refractivity contribution in [1.29, 1.82) is 0 Å². The zero-order chi connectivity index (χ0) is 13.0. The summed E-state index contributed by atoms with van der Waals surface area (Å²) in [5.74, 6) is 0. The standard InChI is InChI=1S/C15H15Cl2N.ClH/c1-11(12-6-3-2-4-7-12)18-10-13-14(16)8-5-9-15(13)17;/h2-9,11,18H,10H2,1H3;1H. The van der Waals surface area contributed by atoms with Crippen LogP contribution in [0.5, 0.6) is 0 Å². The zero-order valence-corrected chi connectivity index (χ0v) is 12.9. The van der Waals surface area contributed by atoms with Crippen molar-refractivity contribution in [3.05, 3.63) is 69.7 Å². The van der Waals surface area contributed by atoms with Crippen LogP contribution in [-0.4, -0.2) is 0 Å². The highest BCUT2D eigenvalue weighted by Gasteiger charge is 2.08. The van der Waals surface area contributed by atoms with E-state index in [1.54, 1.807) is 0 Å². The second-order valence-corrected chi connectivity index (χ2v) is 5.03. The molecule has 0 radical (unpaired) electrons. The average molecular weight is 317 g/mol. The lowest BCUT2D eigenvalue weighted by atomic mass is 10.1. The van der Waals surface area contributed by atoms with Gasteiger partial charge in [-0.15, -0.1) is 12.4 Å². The Bertz CT molecular complexity index is 494. The molecule has 19 heavy (non-hydrogen) atoms. The van der Waals surface area contributed by atoms with Gasteiger partial charge in [-0.05, 0) is 24.6 Å². The van der Waals surface area contributed by atoms with Gasteiger partial charge in [0, 0.05) is 28.2 Å². The maximum Gasteiger partial charge on any atom is 0.0465 e. The molecule has 0 amide bonds. The molecule has 1 unspecified atom stereocenters. The number of benzene rings is 2. The fourth-order valence-corrected chi connectivity index (χ4v) is 2.35. The highest BCUT2D eigenvalue weighted by molar-refractivity contribution is 6.35. The van der Waals surface area contributed by atoms with Crippen LogP contribution in [0.2, 0.25) is 10.0 Å². The third kappa shape index (κ3) is 4.39. The predicted octanol–water partition coefficient (Wildman–Crippen LogP) is 5.27. The lowest BCUT2D eigenvalue weighted by molar-refractivity contribution is 0.575. The normalized spacial score (nSPS) is 11.7. The second kappa shape index (κ2) is 7.76. The minimum Gasteiger partial charge on any atom is -0.306 e. The first-order valence-corrected chi connectivity index (χ1v) is 6.65. The van der Waals surface area contributed by atoms with Gasteiger partial charge in [-0.25, -0.2) is 0 Å². The Morgan fingerprint density at radius 3 is 2.11 bits per heavy atom. The molecule has 0 aliphatic rings. The fourth-order valence-electron chi connectivity index (χ4n) is 1.82. The van der Waals surface area contributed by atoms with Crippen LogP contribution in [0.4, 0.5) is 0 Å². The monoisotopic (exact) mass is 315 g/mol. The molecule has 4 heteroatoms. The molecule has 1 nitrogen and oxygen atoms in total. The molecule has 0 aliphatic heterocycles. The van der Waals surface area contributed by atoms with Crippen molar-refractivity contribution >= 4 is 35.6 Å². The first-order chi connectivity index (χ1) is 8.68. The summed E-state index contributed by atoms with van der Waals surface area (Å²) in [6.45, 7) is 2.79. The first-order valence-electron chi connectivity index (χ1n) is 5.89. The van der Waals surface area contributed by atoms with Crippen molar-refractivity contribution < 1.29 is 0 Å². The third-order valence-electron chi connectivity index (χ3n) is 2.95. The van der Waals surface area contributed by atoms with E-state index in [4.69, 9.17) is 23.2 Å². The van der Waals surface area contributed by atoms with Gasteiger partial charge in [0.25, 0.3) is 0 Å². The molecule has 1 N–H and O–H groups in total. The summed E-state index contributed by atoms with van der Waals surface area (Å²) in [7, 11) is 0. The molecule has 0 saturated carbocycles. The number of nitrogens with one attached hydrogen (secondary N) is 1. The van der Waals surface area contributed by atoms with Gasteiger partial charge in [-0.3, -0.25) is 0 Å².